The molecule has 1 aliphatic rings. The van der Waals surface area contributed by atoms with Gasteiger partial charge in [-0.15, -0.1) is 0 Å². The van der Waals surface area contributed by atoms with E-state index in [0.717, 1.165) is 12.1 Å². The SMILES string of the molecule is C[C@H](Nc1nccc(N2C(=O)OCC2[C@@H](C)O)n1)c1nc(-c2cccc(C(F)(F)F)c2)no1. The third-order valence-corrected chi connectivity index (χ3v) is 4.96. The molecule has 1 aromatic carbocycles. The number of aromatic nitrogens is 4. The number of anilines is 2. The van der Waals surface area contributed by atoms with E-state index in [2.05, 4.69) is 25.4 Å². The molecule has 4 rings (SSSR count). The van der Waals surface area contributed by atoms with Crippen molar-refractivity contribution in [3.63, 3.8) is 0 Å². The number of nitrogens with zero attached hydrogens (tertiary/aromatic N) is 5. The lowest BCUT2D eigenvalue weighted by atomic mass is 10.1. The number of hydrogen-bond donors (Lipinski definition) is 2. The lowest BCUT2D eigenvalue weighted by Crippen LogP contribution is -2.41. The van der Waals surface area contributed by atoms with E-state index in [0.29, 0.717) is 0 Å². The highest BCUT2D eigenvalue weighted by atomic mass is 19.4. The number of amides is 1. The summed E-state index contributed by atoms with van der Waals surface area (Å²) in [5.41, 5.74) is -0.666. The summed E-state index contributed by atoms with van der Waals surface area (Å²) in [5.74, 6) is 0.448. The van der Waals surface area contributed by atoms with Crippen LogP contribution in [0, 0.1) is 0 Å². The van der Waals surface area contributed by atoms with Gasteiger partial charge in [-0.3, -0.25) is 4.90 Å². The highest BCUT2D eigenvalue weighted by Gasteiger charge is 2.38. The van der Waals surface area contributed by atoms with E-state index in [-0.39, 0.29) is 35.7 Å². The van der Waals surface area contributed by atoms with Crippen LogP contribution in [0.25, 0.3) is 11.4 Å². The summed E-state index contributed by atoms with van der Waals surface area (Å²) in [5, 5.41) is 16.6. The number of hydrogen-bond acceptors (Lipinski definition) is 9. The highest BCUT2D eigenvalue weighted by Crippen LogP contribution is 2.32. The van der Waals surface area contributed by atoms with Crippen LogP contribution >= 0.6 is 0 Å². The molecule has 33 heavy (non-hydrogen) atoms. The Morgan fingerprint density at radius 1 is 1.24 bits per heavy atom. The molecule has 3 heterocycles. The van der Waals surface area contributed by atoms with Crippen molar-refractivity contribution in [3.05, 3.63) is 48.0 Å². The molecule has 174 valence electrons. The van der Waals surface area contributed by atoms with E-state index in [9.17, 15) is 23.1 Å². The van der Waals surface area contributed by atoms with Crippen LogP contribution in [0.15, 0.2) is 41.1 Å². The van der Waals surface area contributed by atoms with Crippen LogP contribution in [0.1, 0.15) is 31.3 Å². The van der Waals surface area contributed by atoms with Gasteiger partial charge in [-0.05, 0) is 32.0 Å². The van der Waals surface area contributed by atoms with Gasteiger partial charge in [0.25, 0.3) is 0 Å². The quantitative estimate of drug-likeness (QED) is 0.564. The Kier molecular flexibility index (Phi) is 5.89. The van der Waals surface area contributed by atoms with Gasteiger partial charge in [0, 0.05) is 11.8 Å². The fourth-order valence-corrected chi connectivity index (χ4v) is 3.23. The lowest BCUT2D eigenvalue weighted by molar-refractivity contribution is -0.137. The lowest BCUT2D eigenvalue weighted by Gasteiger charge is -2.22. The summed E-state index contributed by atoms with van der Waals surface area (Å²) >= 11 is 0. The van der Waals surface area contributed by atoms with Gasteiger partial charge in [-0.1, -0.05) is 17.3 Å². The molecule has 1 saturated heterocycles. The molecule has 1 unspecified atom stereocenters. The number of carbonyl (C=O) groups excluding carboxylic acids is 1. The summed E-state index contributed by atoms with van der Waals surface area (Å²) in [7, 11) is 0. The van der Waals surface area contributed by atoms with E-state index in [1.165, 1.54) is 29.3 Å². The number of halogens is 3. The molecule has 0 spiro atoms. The summed E-state index contributed by atoms with van der Waals surface area (Å²) in [4.78, 5) is 25.9. The molecular formula is C20H19F3N6O4. The van der Waals surface area contributed by atoms with Gasteiger partial charge in [-0.25, -0.2) is 9.78 Å². The molecule has 0 bridgehead atoms. The number of benzene rings is 1. The maximum atomic E-state index is 13.0. The Labute approximate surface area is 185 Å². The molecule has 3 aromatic rings. The summed E-state index contributed by atoms with van der Waals surface area (Å²) in [6.07, 6.45) is -4.55. The second-order valence-electron chi connectivity index (χ2n) is 7.39. The van der Waals surface area contributed by atoms with E-state index >= 15 is 0 Å². The minimum absolute atomic E-state index is 0.000920. The Balaban J connectivity index is 1.51. The Bertz CT molecular complexity index is 1150. The molecule has 13 heteroatoms. The van der Waals surface area contributed by atoms with Gasteiger partial charge in [0.2, 0.25) is 17.7 Å². The van der Waals surface area contributed by atoms with E-state index in [1.54, 1.807) is 13.8 Å². The van der Waals surface area contributed by atoms with Crippen molar-refractivity contribution in [2.45, 2.75) is 38.2 Å². The number of cyclic esters (lactones) is 1. The molecule has 2 N–H and O–H groups in total. The summed E-state index contributed by atoms with van der Waals surface area (Å²) in [6.45, 7) is 3.24. The van der Waals surface area contributed by atoms with Crippen LogP contribution in [0.5, 0.6) is 0 Å². The maximum Gasteiger partial charge on any atom is 0.416 e. The standard InChI is InChI=1S/C20H19F3N6O4/c1-10(17-27-16(28-33-17)12-4-3-5-13(8-12)20(21,22)23)25-18-24-7-6-15(26-18)29-14(11(2)30)9-32-19(29)31/h3-8,10-11,14,30H,9H2,1-2H3,(H,24,25,26)/t10-,11+,14?/m0/s1. The fourth-order valence-electron chi connectivity index (χ4n) is 3.23. The number of aliphatic hydroxyl groups is 1. The first-order chi connectivity index (χ1) is 15.6. The van der Waals surface area contributed by atoms with Gasteiger partial charge >= 0.3 is 12.3 Å². The van der Waals surface area contributed by atoms with E-state index in [1.807, 2.05) is 0 Å². The monoisotopic (exact) mass is 464 g/mol. The van der Waals surface area contributed by atoms with Crippen molar-refractivity contribution in [1.29, 1.82) is 0 Å². The molecule has 1 fully saturated rings. The first-order valence-electron chi connectivity index (χ1n) is 9.88. The highest BCUT2D eigenvalue weighted by molar-refractivity contribution is 5.89. The van der Waals surface area contributed by atoms with Crippen LogP contribution in [-0.4, -0.2) is 50.1 Å². The van der Waals surface area contributed by atoms with Crippen molar-refractivity contribution in [2.75, 3.05) is 16.8 Å². The zero-order valence-corrected chi connectivity index (χ0v) is 17.4. The average molecular weight is 464 g/mol. The molecule has 0 saturated carbocycles. The van der Waals surface area contributed by atoms with Gasteiger partial charge in [-0.2, -0.15) is 23.1 Å². The number of nitrogens with one attached hydrogen (secondary N) is 1. The normalized spacial score (nSPS) is 18.2. The Morgan fingerprint density at radius 2 is 2.03 bits per heavy atom. The Morgan fingerprint density at radius 3 is 2.76 bits per heavy atom. The zero-order valence-electron chi connectivity index (χ0n) is 17.4. The first kappa shape index (κ1) is 22.5. The predicted octanol–water partition coefficient (Wildman–Crippen LogP) is 3.42. The second-order valence-corrected chi connectivity index (χ2v) is 7.39. The van der Waals surface area contributed by atoms with Crippen molar-refractivity contribution in [2.24, 2.45) is 0 Å². The molecule has 1 aliphatic heterocycles. The predicted molar refractivity (Wildman–Crippen MR) is 108 cm³/mol. The van der Waals surface area contributed by atoms with Gasteiger partial charge in [0.1, 0.15) is 24.5 Å². The minimum Gasteiger partial charge on any atom is -0.447 e. The van der Waals surface area contributed by atoms with Crippen molar-refractivity contribution >= 4 is 17.9 Å². The molecule has 1 amide bonds. The molecule has 10 nitrogen and oxygen atoms in total. The second kappa shape index (κ2) is 8.65. The van der Waals surface area contributed by atoms with E-state index in [4.69, 9.17) is 9.26 Å². The van der Waals surface area contributed by atoms with Crippen molar-refractivity contribution in [1.82, 2.24) is 20.1 Å². The van der Waals surface area contributed by atoms with E-state index < -0.39 is 36.0 Å². The van der Waals surface area contributed by atoms with Crippen LogP contribution in [-0.2, 0) is 10.9 Å². The molecule has 0 aliphatic carbocycles. The molecule has 3 atom stereocenters. The molecule has 0 radical (unpaired) electrons. The summed E-state index contributed by atoms with van der Waals surface area (Å²) in [6, 6.07) is 4.90. The topological polar surface area (TPSA) is 127 Å². The molecule has 2 aromatic heterocycles. The average Bonchev–Trinajstić information content (AvgIpc) is 3.41. The number of ether oxygens (including phenoxy) is 1. The first-order valence-corrected chi connectivity index (χ1v) is 9.88. The van der Waals surface area contributed by atoms with Gasteiger partial charge in [0.15, 0.2) is 0 Å². The Hall–Kier alpha value is -3.74. The number of rotatable bonds is 6. The van der Waals surface area contributed by atoms with Crippen LogP contribution in [0.3, 0.4) is 0 Å². The minimum atomic E-state index is -4.49. The zero-order chi connectivity index (χ0) is 23.8. The fraction of sp³-hybridized carbons (Fsp3) is 0.350. The number of aliphatic hydroxyl groups excluding tert-OH is 1. The maximum absolute atomic E-state index is 13.0. The number of carbonyl (C=O) groups is 1. The van der Waals surface area contributed by atoms with Crippen LogP contribution < -0.4 is 10.2 Å². The third-order valence-electron chi connectivity index (χ3n) is 4.96. The number of alkyl halides is 3. The smallest absolute Gasteiger partial charge is 0.416 e. The van der Waals surface area contributed by atoms with Crippen molar-refractivity contribution in [3.8, 4) is 11.4 Å². The van der Waals surface area contributed by atoms with Crippen molar-refractivity contribution < 1.29 is 32.3 Å². The molecular weight excluding hydrogens is 445 g/mol. The van der Waals surface area contributed by atoms with Crippen LogP contribution in [0.4, 0.5) is 29.7 Å². The summed E-state index contributed by atoms with van der Waals surface area (Å²) < 4.78 is 49.1. The largest absolute Gasteiger partial charge is 0.447 e. The van der Waals surface area contributed by atoms with Crippen LogP contribution in [0.2, 0.25) is 0 Å². The third kappa shape index (κ3) is 4.72. The van der Waals surface area contributed by atoms with Gasteiger partial charge in [0.05, 0.1) is 11.7 Å². The van der Waals surface area contributed by atoms with Gasteiger partial charge < -0.3 is 19.7 Å².